The van der Waals surface area contributed by atoms with Gasteiger partial charge >= 0.3 is 0 Å². The zero-order valence-corrected chi connectivity index (χ0v) is 11.4. The molecule has 0 saturated carbocycles. The van der Waals surface area contributed by atoms with Crippen molar-refractivity contribution in [3.63, 3.8) is 0 Å². The van der Waals surface area contributed by atoms with Crippen molar-refractivity contribution >= 4 is 15.5 Å². The molecule has 1 fully saturated rings. The summed E-state index contributed by atoms with van der Waals surface area (Å²) < 4.78 is 50.5. The maximum atomic E-state index is 14.0. The van der Waals surface area contributed by atoms with Crippen LogP contribution in [0.5, 0.6) is 0 Å². The van der Waals surface area contributed by atoms with E-state index in [2.05, 4.69) is 5.32 Å². The van der Waals surface area contributed by atoms with Crippen LogP contribution >= 0.6 is 0 Å². The minimum absolute atomic E-state index is 0.0653. The summed E-state index contributed by atoms with van der Waals surface area (Å²) in [7, 11) is -1.37. The van der Waals surface area contributed by atoms with Crippen molar-refractivity contribution in [3.05, 3.63) is 29.3 Å². The number of hydrogen-bond acceptors (Lipinski definition) is 4. The van der Waals surface area contributed by atoms with Crippen molar-refractivity contribution in [1.29, 1.82) is 0 Å². The topological polar surface area (TPSA) is 49.4 Å². The van der Waals surface area contributed by atoms with Crippen LogP contribution in [0.15, 0.2) is 12.1 Å². The van der Waals surface area contributed by atoms with Crippen molar-refractivity contribution in [2.45, 2.75) is 6.54 Å². The first-order valence-corrected chi connectivity index (χ1v) is 7.83. The van der Waals surface area contributed by atoms with Gasteiger partial charge in [-0.3, -0.25) is 0 Å². The van der Waals surface area contributed by atoms with E-state index in [0.29, 0.717) is 12.1 Å². The van der Waals surface area contributed by atoms with Gasteiger partial charge in [-0.25, -0.2) is 17.2 Å². The van der Waals surface area contributed by atoms with Gasteiger partial charge in [0.05, 0.1) is 11.5 Å². The first-order chi connectivity index (χ1) is 8.93. The van der Waals surface area contributed by atoms with Gasteiger partial charge in [0.15, 0.2) is 9.84 Å². The Bertz CT molecular complexity index is 538. The molecule has 1 aliphatic heterocycles. The smallest absolute Gasteiger partial charge is 0.153 e. The van der Waals surface area contributed by atoms with Crippen molar-refractivity contribution < 1.29 is 17.2 Å². The number of halogens is 2. The summed E-state index contributed by atoms with van der Waals surface area (Å²) in [6, 6.07) is 2.55. The summed E-state index contributed by atoms with van der Waals surface area (Å²) in [5.41, 5.74) is 0.389. The first-order valence-electron chi connectivity index (χ1n) is 6.01. The molecule has 0 radical (unpaired) electrons. The maximum absolute atomic E-state index is 14.0. The Hall–Kier alpha value is -1.21. The SMILES string of the molecule is CNCc1cc(F)c(N2CCS(=O)(=O)CC2)c(F)c1. The summed E-state index contributed by atoms with van der Waals surface area (Å²) in [6.45, 7) is 0.631. The number of nitrogens with one attached hydrogen (secondary N) is 1. The third kappa shape index (κ3) is 3.22. The number of benzene rings is 1. The van der Waals surface area contributed by atoms with Gasteiger partial charge in [-0.05, 0) is 24.7 Å². The Kier molecular flexibility index (Phi) is 4.05. The van der Waals surface area contributed by atoms with Crippen LogP contribution < -0.4 is 10.2 Å². The van der Waals surface area contributed by atoms with Gasteiger partial charge in [-0.1, -0.05) is 0 Å². The number of hydrogen-bond donors (Lipinski definition) is 1. The van der Waals surface area contributed by atoms with E-state index in [9.17, 15) is 17.2 Å². The van der Waals surface area contributed by atoms with Crippen molar-refractivity contribution in [3.8, 4) is 0 Å². The molecule has 106 valence electrons. The Labute approximate surface area is 111 Å². The molecule has 1 aromatic rings. The van der Waals surface area contributed by atoms with Gasteiger partial charge in [0, 0.05) is 19.6 Å². The average Bonchev–Trinajstić information content (AvgIpc) is 2.31. The minimum Gasteiger partial charge on any atom is -0.365 e. The quantitative estimate of drug-likeness (QED) is 0.899. The predicted octanol–water partition coefficient (Wildman–Crippen LogP) is 0.919. The van der Waals surface area contributed by atoms with Crippen molar-refractivity contribution in [1.82, 2.24) is 5.32 Å². The number of sulfone groups is 1. The molecule has 0 spiro atoms. The average molecular weight is 290 g/mol. The highest BCUT2D eigenvalue weighted by molar-refractivity contribution is 7.91. The standard InChI is InChI=1S/C12H16F2N2O2S/c1-15-8-9-6-10(13)12(11(14)7-9)16-2-4-19(17,18)5-3-16/h6-7,15H,2-5,8H2,1H3. The Morgan fingerprint density at radius 1 is 1.21 bits per heavy atom. The molecular formula is C12H16F2N2O2S. The lowest BCUT2D eigenvalue weighted by Gasteiger charge is -2.29. The van der Waals surface area contributed by atoms with E-state index in [-0.39, 0.29) is 30.3 Å². The van der Waals surface area contributed by atoms with E-state index in [1.165, 1.54) is 17.0 Å². The van der Waals surface area contributed by atoms with Crippen LogP contribution in [-0.2, 0) is 16.4 Å². The molecular weight excluding hydrogens is 274 g/mol. The highest BCUT2D eigenvalue weighted by Gasteiger charge is 2.25. The largest absolute Gasteiger partial charge is 0.365 e. The summed E-state index contributed by atoms with van der Waals surface area (Å²) in [5, 5.41) is 2.82. The summed E-state index contributed by atoms with van der Waals surface area (Å²) >= 11 is 0. The molecule has 1 heterocycles. The van der Waals surface area contributed by atoms with E-state index < -0.39 is 21.5 Å². The molecule has 19 heavy (non-hydrogen) atoms. The molecule has 4 nitrogen and oxygen atoms in total. The van der Waals surface area contributed by atoms with Gasteiger partial charge in [0.25, 0.3) is 0 Å². The number of anilines is 1. The molecule has 0 bridgehead atoms. The van der Waals surface area contributed by atoms with Gasteiger partial charge in [0.1, 0.15) is 17.3 Å². The highest BCUT2D eigenvalue weighted by atomic mass is 32.2. The van der Waals surface area contributed by atoms with Crippen LogP contribution in [0, 0.1) is 11.6 Å². The van der Waals surface area contributed by atoms with Crippen LogP contribution in [0.3, 0.4) is 0 Å². The second-order valence-corrected chi connectivity index (χ2v) is 6.88. The Balaban J connectivity index is 2.26. The lowest BCUT2D eigenvalue weighted by atomic mass is 10.1. The van der Waals surface area contributed by atoms with Crippen molar-refractivity contribution in [2.24, 2.45) is 0 Å². The monoisotopic (exact) mass is 290 g/mol. The molecule has 7 heteroatoms. The van der Waals surface area contributed by atoms with E-state index in [1.807, 2.05) is 0 Å². The third-order valence-corrected chi connectivity index (χ3v) is 4.73. The summed E-state index contributed by atoms with van der Waals surface area (Å²) in [5.74, 6) is -1.43. The molecule has 1 aliphatic rings. The molecule has 1 aromatic carbocycles. The summed E-state index contributed by atoms with van der Waals surface area (Å²) in [4.78, 5) is 1.45. The zero-order valence-electron chi connectivity index (χ0n) is 10.6. The molecule has 1 N–H and O–H groups in total. The molecule has 0 aromatic heterocycles. The van der Waals surface area contributed by atoms with Crippen LogP contribution in [0.2, 0.25) is 0 Å². The van der Waals surface area contributed by atoms with E-state index in [1.54, 1.807) is 7.05 Å². The fourth-order valence-electron chi connectivity index (χ4n) is 2.16. The molecule has 0 unspecified atom stereocenters. The van der Waals surface area contributed by atoms with E-state index in [4.69, 9.17) is 0 Å². The highest BCUT2D eigenvalue weighted by Crippen LogP contribution is 2.26. The summed E-state index contributed by atoms with van der Waals surface area (Å²) in [6.07, 6.45) is 0. The lowest BCUT2D eigenvalue weighted by molar-refractivity contribution is 0.558. The molecule has 0 aliphatic carbocycles. The molecule has 2 rings (SSSR count). The van der Waals surface area contributed by atoms with Crippen LogP contribution in [0.25, 0.3) is 0 Å². The van der Waals surface area contributed by atoms with Gasteiger partial charge in [-0.15, -0.1) is 0 Å². The molecule has 0 amide bonds. The van der Waals surface area contributed by atoms with Crippen LogP contribution in [0.4, 0.5) is 14.5 Å². The normalized spacial score (nSPS) is 18.6. The third-order valence-electron chi connectivity index (χ3n) is 3.12. The van der Waals surface area contributed by atoms with Crippen LogP contribution in [0.1, 0.15) is 5.56 Å². The Morgan fingerprint density at radius 3 is 2.21 bits per heavy atom. The predicted molar refractivity (Wildman–Crippen MR) is 70.0 cm³/mol. The fourth-order valence-corrected chi connectivity index (χ4v) is 3.36. The lowest BCUT2D eigenvalue weighted by Crippen LogP contribution is -2.41. The maximum Gasteiger partial charge on any atom is 0.153 e. The van der Waals surface area contributed by atoms with Gasteiger partial charge in [0.2, 0.25) is 0 Å². The van der Waals surface area contributed by atoms with E-state index >= 15 is 0 Å². The van der Waals surface area contributed by atoms with Crippen LogP contribution in [-0.4, -0.2) is 40.1 Å². The van der Waals surface area contributed by atoms with Gasteiger partial charge in [-0.2, -0.15) is 0 Å². The first kappa shape index (κ1) is 14.2. The minimum atomic E-state index is -3.06. The van der Waals surface area contributed by atoms with Gasteiger partial charge < -0.3 is 10.2 Å². The zero-order chi connectivity index (χ0) is 14.0. The number of rotatable bonds is 3. The second-order valence-electron chi connectivity index (χ2n) is 4.58. The fraction of sp³-hybridized carbons (Fsp3) is 0.500. The van der Waals surface area contributed by atoms with E-state index in [0.717, 1.165) is 0 Å². The second kappa shape index (κ2) is 5.42. The number of nitrogens with zero attached hydrogens (tertiary/aromatic N) is 1. The molecule has 1 saturated heterocycles. The van der Waals surface area contributed by atoms with Crippen molar-refractivity contribution in [2.75, 3.05) is 36.5 Å². The molecule has 0 atom stereocenters. The Morgan fingerprint density at radius 2 is 1.74 bits per heavy atom.